The van der Waals surface area contributed by atoms with Crippen LogP contribution in [0.15, 0.2) is 0 Å². The number of hydrogen-bond acceptors (Lipinski definition) is 3. The molecule has 0 aromatic rings. The summed E-state index contributed by atoms with van der Waals surface area (Å²) < 4.78 is 5.01. The third kappa shape index (κ3) is 9.77. The second-order valence-electron chi connectivity index (χ2n) is 4.89. The summed E-state index contributed by atoms with van der Waals surface area (Å²) in [6, 6.07) is 0. The number of rotatable bonds is 7. The second kappa shape index (κ2) is 12.3. The molecule has 1 amide bonds. The third-order valence-corrected chi connectivity index (χ3v) is 3.40. The quantitative estimate of drug-likeness (QED) is 0.721. The van der Waals surface area contributed by atoms with Crippen LogP contribution in [0.1, 0.15) is 65.7 Å². The third-order valence-electron chi connectivity index (χ3n) is 3.40. The standard InChI is InChI=1S/C13H26N2O2.C2H6/c1-2-3-4-5-6-9-15-10-7-12(8-11-15)17-13(14)16;1-2/h12H,2-11H2,1H3,(H2,14,16);1-2H3. The van der Waals surface area contributed by atoms with E-state index in [1.54, 1.807) is 0 Å². The maximum atomic E-state index is 10.6. The first-order valence-electron chi connectivity index (χ1n) is 7.90. The molecule has 1 rings (SSSR count). The van der Waals surface area contributed by atoms with E-state index in [1.807, 2.05) is 13.8 Å². The molecule has 1 saturated heterocycles. The molecule has 0 aromatic heterocycles. The fourth-order valence-corrected chi connectivity index (χ4v) is 2.35. The Labute approximate surface area is 118 Å². The van der Waals surface area contributed by atoms with Crippen LogP contribution in [0.3, 0.4) is 0 Å². The number of ether oxygens (including phenoxy) is 1. The van der Waals surface area contributed by atoms with Crippen molar-refractivity contribution in [2.45, 2.75) is 71.8 Å². The molecular formula is C15H32N2O2. The fraction of sp³-hybridized carbons (Fsp3) is 0.933. The Hall–Kier alpha value is -0.770. The average Bonchev–Trinajstić information content (AvgIpc) is 2.42. The zero-order valence-corrected chi connectivity index (χ0v) is 13.0. The summed E-state index contributed by atoms with van der Waals surface area (Å²) in [5.41, 5.74) is 5.01. The van der Waals surface area contributed by atoms with E-state index in [9.17, 15) is 4.79 Å². The number of carbonyl (C=O) groups excluding carboxylic acids is 1. The molecule has 0 unspecified atom stereocenters. The van der Waals surface area contributed by atoms with Crippen molar-refractivity contribution in [2.75, 3.05) is 19.6 Å². The predicted molar refractivity (Wildman–Crippen MR) is 80.2 cm³/mol. The van der Waals surface area contributed by atoms with Crippen LogP contribution >= 0.6 is 0 Å². The van der Waals surface area contributed by atoms with E-state index in [4.69, 9.17) is 10.5 Å². The number of piperidine rings is 1. The lowest BCUT2D eigenvalue weighted by Gasteiger charge is -2.31. The summed E-state index contributed by atoms with van der Waals surface area (Å²) in [6.45, 7) is 9.49. The Morgan fingerprint density at radius 2 is 1.74 bits per heavy atom. The van der Waals surface area contributed by atoms with Crippen LogP contribution in [-0.4, -0.2) is 36.7 Å². The van der Waals surface area contributed by atoms with E-state index in [0.29, 0.717) is 0 Å². The molecular weight excluding hydrogens is 240 g/mol. The summed E-state index contributed by atoms with van der Waals surface area (Å²) in [5.74, 6) is 0. The molecule has 0 atom stereocenters. The number of unbranched alkanes of at least 4 members (excludes halogenated alkanes) is 4. The van der Waals surface area contributed by atoms with Gasteiger partial charge in [-0.25, -0.2) is 4.79 Å². The van der Waals surface area contributed by atoms with E-state index in [-0.39, 0.29) is 6.10 Å². The SMILES string of the molecule is CC.CCCCCCCN1CCC(OC(N)=O)CC1. The minimum absolute atomic E-state index is 0.0452. The van der Waals surface area contributed by atoms with Crippen LogP contribution in [0.4, 0.5) is 4.79 Å². The first kappa shape index (κ1) is 18.2. The molecule has 0 radical (unpaired) electrons. The van der Waals surface area contributed by atoms with Crippen LogP contribution in [0, 0.1) is 0 Å². The first-order valence-corrected chi connectivity index (χ1v) is 7.90. The first-order chi connectivity index (χ1) is 9.22. The molecule has 0 aliphatic carbocycles. The Bertz CT molecular complexity index is 214. The van der Waals surface area contributed by atoms with Crippen molar-refractivity contribution < 1.29 is 9.53 Å². The normalized spacial score (nSPS) is 16.6. The predicted octanol–water partition coefficient (Wildman–Crippen LogP) is 3.54. The summed E-state index contributed by atoms with van der Waals surface area (Å²) in [4.78, 5) is 13.1. The minimum Gasteiger partial charge on any atom is -0.446 e. The number of nitrogens with two attached hydrogens (primary N) is 1. The molecule has 1 heterocycles. The van der Waals surface area contributed by atoms with Gasteiger partial charge in [0.2, 0.25) is 0 Å². The molecule has 2 N–H and O–H groups in total. The molecule has 0 aromatic carbocycles. The van der Waals surface area contributed by atoms with Gasteiger partial charge in [0.05, 0.1) is 0 Å². The summed E-state index contributed by atoms with van der Waals surface area (Å²) >= 11 is 0. The van der Waals surface area contributed by atoms with Gasteiger partial charge in [-0.15, -0.1) is 0 Å². The second-order valence-corrected chi connectivity index (χ2v) is 4.89. The molecule has 0 saturated carbocycles. The van der Waals surface area contributed by atoms with Crippen LogP contribution in [0.5, 0.6) is 0 Å². The number of nitrogens with zero attached hydrogens (tertiary/aromatic N) is 1. The van der Waals surface area contributed by atoms with Gasteiger partial charge in [0, 0.05) is 13.1 Å². The molecule has 4 heteroatoms. The molecule has 1 aliphatic rings. The lowest BCUT2D eigenvalue weighted by atomic mass is 10.1. The van der Waals surface area contributed by atoms with E-state index < -0.39 is 6.09 Å². The van der Waals surface area contributed by atoms with E-state index >= 15 is 0 Å². The van der Waals surface area contributed by atoms with Gasteiger partial charge in [0.25, 0.3) is 0 Å². The molecule has 19 heavy (non-hydrogen) atoms. The van der Waals surface area contributed by atoms with Crippen LogP contribution in [-0.2, 0) is 4.74 Å². The lowest BCUT2D eigenvalue weighted by Crippen LogP contribution is -2.39. The van der Waals surface area contributed by atoms with E-state index in [2.05, 4.69) is 11.8 Å². The highest BCUT2D eigenvalue weighted by molar-refractivity contribution is 5.64. The van der Waals surface area contributed by atoms with Crippen LogP contribution in [0.25, 0.3) is 0 Å². The van der Waals surface area contributed by atoms with Gasteiger partial charge in [-0.2, -0.15) is 0 Å². The Morgan fingerprint density at radius 3 is 2.26 bits per heavy atom. The average molecular weight is 272 g/mol. The van der Waals surface area contributed by atoms with Crippen molar-refractivity contribution in [1.29, 1.82) is 0 Å². The highest BCUT2D eigenvalue weighted by Crippen LogP contribution is 2.14. The van der Waals surface area contributed by atoms with Crippen molar-refractivity contribution in [3.8, 4) is 0 Å². The molecule has 0 spiro atoms. The van der Waals surface area contributed by atoms with E-state index in [0.717, 1.165) is 25.9 Å². The summed E-state index contributed by atoms with van der Waals surface area (Å²) in [6.07, 6.45) is 7.91. The molecule has 4 nitrogen and oxygen atoms in total. The minimum atomic E-state index is -0.636. The van der Waals surface area contributed by atoms with Crippen molar-refractivity contribution in [3.63, 3.8) is 0 Å². The van der Waals surface area contributed by atoms with Gasteiger partial charge in [-0.1, -0.05) is 46.5 Å². The number of hydrogen-bond donors (Lipinski definition) is 1. The van der Waals surface area contributed by atoms with Crippen molar-refractivity contribution in [3.05, 3.63) is 0 Å². The monoisotopic (exact) mass is 272 g/mol. The zero-order valence-electron chi connectivity index (χ0n) is 13.0. The smallest absolute Gasteiger partial charge is 0.404 e. The lowest BCUT2D eigenvalue weighted by molar-refractivity contribution is 0.0558. The van der Waals surface area contributed by atoms with Gasteiger partial charge in [-0.05, 0) is 25.8 Å². The largest absolute Gasteiger partial charge is 0.446 e. The van der Waals surface area contributed by atoms with Crippen molar-refractivity contribution >= 4 is 6.09 Å². The van der Waals surface area contributed by atoms with Gasteiger partial charge in [0.1, 0.15) is 6.10 Å². The number of carbonyl (C=O) groups is 1. The summed E-state index contributed by atoms with van der Waals surface area (Å²) in [7, 11) is 0. The molecule has 1 aliphatic heterocycles. The van der Waals surface area contributed by atoms with Gasteiger partial charge >= 0.3 is 6.09 Å². The fourth-order valence-electron chi connectivity index (χ4n) is 2.35. The Balaban J connectivity index is 0.00000154. The van der Waals surface area contributed by atoms with Crippen LogP contribution in [0.2, 0.25) is 0 Å². The van der Waals surface area contributed by atoms with E-state index in [1.165, 1.54) is 38.6 Å². The van der Waals surface area contributed by atoms with Gasteiger partial charge in [0.15, 0.2) is 0 Å². The van der Waals surface area contributed by atoms with Crippen molar-refractivity contribution in [2.24, 2.45) is 5.73 Å². The number of likely N-dealkylation sites (tertiary alicyclic amines) is 1. The zero-order chi connectivity index (χ0) is 14.5. The van der Waals surface area contributed by atoms with Crippen LogP contribution < -0.4 is 5.73 Å². The molecule has 0 bridgehead atoms. The van der Waals surface area contributed by atoms with Gasteiger partial charge < -0.3 is 15.4 Å². The summed E-state index contributed by atoms with van der Waals surface area (Å²) in [5, 5.41) is 0. The number of primary amides is 1. The molecule has 1 fully saturated rings. The Kier molecular flexibility index (Phi) is 11.8. The number of amides is 1. The Morgan fingerprint density at radius 1 is 1.16 bits per heavy atom. The van der Waals surface area contributed by atoms with Crippen molar-refractivity contribution in [1.82, 2.24) is 4.90 Å². The topological polar surface area (TPSA) is 55.6 Å². The highest BCUT2D eigenvalue weighted by Gasteiger charge is 2.20. The van der Waals surface area contributed by atoms with Gasteiger partial charge in [-0.3, -0.25) is 0 Å². The molecule has 114 valence electrons. The maximum Gasteiger partial charge on any atom is 0.404 e. The maximum absolute atomic E-state index is 10.6. The highest BCUT2D eigenvalue weighted by atomic mass is 16.6.